The molecule has 0 N–H and O–H groups in total. The van der Waals surface area contributed by atoms with Crippen LogP contribution < -0.4 is 4.90 Å². The molecule has 4 aromatic rings. The van der Waals surface area contributed by atoms with Crippen molar-refractivity contribution in [2.75, 3.05) is 17.3 Å². The lowest BCUT2D eigenvalue weighted by Crippen LogP contribution is -2.34. The van der Waals surface area contributed by atoms with E-state index < -0.39 is 0 Å². The number of pyridine rings is 1. The molecule has 1 aromatic heterocycles. The van der Waals surface area contributed by atoms with Crippen LogP contribution >= 0.6 is 11.8 Å². The van der Waals surface area contributed by atoms with Gasteiger partial charge in [0.05, 0.1) is 18.1 Å². The Morgan fingerprint density at radius 1 is 0.906 bits per heavy atom. The maximum atomic E-state index is 13.9. The number of anilines is 1. The lowest BCUT2D eigenvalue weighted by Gasteiger charge is -2.27. The van der Waals surface area contributed by atoms with Crippen molar-refractivity contribution in [3.8, 4) is 0 Å². The van der Waals surface area contributed by atoms with Crippen LogP contribution in [0.15, 0.2) is 103 Å². The SMILES string of the molecule is O=C(C1=C(c2ccccc2)SCCO1)N(Cc1cccc2ccccc12)c1ccccn1. The van der Waals surface area contributed by atoms with Crippen LogP contribution in [-0.2, 0) is 16.1 Å². The molecule has 0 saturated heterocycles. The van der Waals surface area contributed by atoms with Gasteiger partial charge < -0.3 is 4.74 Å². The number of fused-ring (bicyclic) bond motifs is 1. The molecule has 1 amide bonds. The van der Waals surface area contributed by atoms with Crippen molar-refractivity contribution in [2.45, 2.75) is 6.54 Å². The van der Waals surface area contributed by atoms with Crippen LogP contribution in [0.2, 0.25) is 0 Å². The number of ether oxygens (including phenoxy) is 1. The van der Waals surface area contributed by atoms with Gasteiger partial charge in [-0.05, 0) is 34.0 Å². The second-order valence-corrected chi connectivity index (χ2v) is 8.54. The Hall–Kier alpha value is -3.57. The van der Waals surface area contributed by atoms with Crippen molar-refractivity contribution >= 4 is 39.2 Å². The third kappa shape index (κ3) is 4.12. The molecule has 5 heteroatoms. The summed E-state index contributed by atoms with van der Waals surface area (Å²) in [6.07, 6.45) is 1.71. The number of amides is 1. The molecule has 0 unspecified atom stereocenters. The normalized spacial score (nSPS) is 13.6. The Balaban J connectivity index is 1.59. The van der Waals surface area contributed by atoms with Gasteiger partial charge >= 0.3 is 0 Å². The second-order valence-electron chi connectivity index (χ2n) is 7.44. The standard InChI is InChI=1S/C27H22N2O2S/c30-27(25-26(32-18-17-31-25)21-10-2-1-3-11-21)29(24-15-6-7-16-28-24)19-22-13-8-12-20-9-4-5-14-23(20)22/h1-16H,17-19H2. The molecule has 0 atom stereocenters. The fourth-order valence-electron chi connectivity index (χ4n) is 3.87. The van der Waals surface area contributed by atoms with Crippen molar-refractivity contribution in [3.05, 3.63) is 114 Å². The third-order valence-corrected chi connectivity index (χ3v) is 6.47. The van der Waals surface area contributed by atoms with Crippen molar-refractivity contribution in [1.29, 1.82) is 0 Å². The summed E-state index contributed by atoms with van der Waals surface area (Å²) in [6, 6.07) is 30.0. The minimum Gasteiger partial charge on any atom is -0.486 e. The molecule has 0 aliphatic carbocycles. The summed E-state index contributed by atoms with van der Waals surface area (Å²) >= 11 is 1.66. The Labute approximate surface area is 191 Å². The first-order chi connectivity index (χ1) is 15.8. The van der Waals surface area contributed by atoms with E-state index in [1.807, 2.05) is 66.7 Å². The Kier molecular flexibility index (Phi) is 5.90. The average molecular weight is 439 g/mol. The number of benzene rings is 3. The van der Waals surface area contributed by atoms with E-state index in [0.717, 1.165) is 32.6 Å². The van der Waals surface area contributed by atoms with Crippen LogP contribution in [0.25, 0.3) is 15.7 Å². The number of aromatic nitrogens is 1. The van der Waals surface area contributed by atoms with E-state index in [1.54, 1.807) is 22.9 Å². The highest BCUT2D eigenvalue weighted by Crippen LogP contribution is 2.36. The molecule has 32 heavy (non-hydrogen) atoms. The number of thioether (sulfide) groups is 1. The van der Waals surface area contributed by atoms with E-state index in [4.69, 9.17) is 4.74 Å². The number of carbonyl (C=O) groups excluding carboxylic acids is 1. The van der Waals surface area contributed by atoms with Crippen molar-refractivity contribution in [1.82, 2.24) is 4.98 Å². The molecule has 3 aromatic carbocycles. The summed E-state index contributed by atoms with van der Waals surface area (Å²) < 4.78 is 5.97. The molecule has 1 aliphatic heterocycles. The molecule has 0 bridgehead atoms. The summed E-state index contributed by atoms with van der Waals surface area (Å²) in [4.78, 5) is 21.0. The van der Waals surface area contributed by atoms with Gasteiger partial charge in [0.15, 0.2) is 5.76 Å². The molecule has 5 rings (SSSR count). The summed E-state index contributed by atoms with van der Waals surface area (Å²) in [6.45, 7) is 0.906. The predicted octanol–water partition coefficient (Wildman–Crippen LogP) is 5.90. The first kappa shape index (κ1) is 20.3. The molecule has 0 radical (unpaired) electrons. The van der Waals surface area contributed by atoms with Gasteiger partial charge in [0.1, 0.15) is 5.82 Å². The first-order valence-corrected chi connectivity index (χ1v) is 11.5. The maximum absolute atomic E-state index is 13.9. The molecule has 1 aliphatic rings. The number of carbonyl (C=O) groups is 1. The van der Waals surface area contributed by atoms with Gasteiger partial charge in [0.2, 0.25) is 0 Å². The minimum atomic E-state index is -0.178. The number of hydrogen-bond acceptors (Lipinski definition) is 4. The Morgan fingerprint density at radius 2 is 1.69 bits per heavy atom. The van der Waals surface area contributed by atoms with Crippen molar-refractivity contribution in [3.63, 3.8) is 0 Å². The van der Waals surface area contributed by atoms with Crippen molar-refractivity contribution in [2.24, 2.45) is 0 Å². The predicted molar refractivity (Wildman–Crippen MR) is 131 cm³/mol. The second kappa shape index (κ2) is 9.28. The lowest BCUT2D eigenvalue weighted by molar-refractivity contribution is -0.118. The molecule has 2 heterocycles. The zero-order valence-electron chi connectivity index (χ0n) is 17.5. The van der Waals surface area contributed by atoms with E-state index >= 15 is 0 Å². The summed E-state index contributed by atoms with van der Waals surface area (Å²) in [7, 11) is 0. The lowest BCUT2D eigenvalue weighted by atomic mass is 10.0. The van der Waals surface area contributed by atoms with Crippen LogP contribution in [0, 0.1) is 0 Å². The molecule has 0 fully saturated rings. The van der Waals surface area contributed by atoms with E-state index in [-0.39, 0.29) is 5.91 Å². The number of hydrogen-bond donors (Lipinski definition) is 0. The van der Waals surface area contributed by atoms with E-state index in [9.17, 15) is 4.79 Å². The Bertz CT molecular complexity index is 1270. The molecular formula is C27H22N2O2S. The molecule has 4 nitrogen and oxygen atoms in total. The summed E-state index contributed by atoms with van der Waals surface area (Å²) in [5, 5.41) is 2.27. The van der Waals surface area contributed by atoms with Crippen molar-refractivity contribution < 1.29 is 9.53 Å². The quantitative estimate of drug-likeness (QED) is 0.389. The largest absolute Gasteiger partial charge is 0.486 e. The third-order valence-electron chi connectivity index (χ3n) is 5.39. The highest BCUT2D eigenvalue weighted by Gasteiger charge is 2.29. The van der Waals surface area contributed by atoms with Crippen LogP contribution in [0.5, 0.6) is 0 Å². The summed E-state index contributed by atoms with van der Waals surface area (Å²) in [5.41, 5.74) is 2.05. The van der Waals surface area contributed by atoms with Gasteiger partial charge in [-0.15, -0.1) is 11.8 Å². The fraction of sp³-hybridized carbons (Fsp3) is 0.111. The van der Waals surface area contributed by atoms with E-state index in [1.165, 1.54) is 0 Å². The van der Waals surface area contributed by atoms with Crippen LogP contribution in [0.1, 0.15) is 11.1 Å². The van der Waals surface area contributed by atoms with Gasteiger partial charge in [-0.25, -0.2) is 4.98 Å². The topological polar surface area (TPSA) is 42.4 Å². The minimum absolute atomic E-state index is 0.178. The highest BCUT2D eigenvalue weighted by molar-refractivity contribution is 8.08. The molecular weight excluding hydrogens is 416 g/mol. The zero-order valence-corrected chi connectivity index (χ0v) is 18.3. The maximum Gasteiger partial charge on any atom is 0.296 e. The fourth-order valence-corrected chi connectivity index (χ4v) is 4.83. The Morgan fingerprint density at radius 3 is 2.53 bits per heavy atom. The van der Waals surface area contributed by atoms with Gasteiger partial charge in [0, 0.05) is 11.9 Å². The zero-order chi connectivity index (χ0) is 21.8. The number of rotatable bonds is 5. The highest BCUT2D eigenvalue weighted by atomic mass is 32.2. The summed E-state index contributed by atoms with van der Waals surface area (Å²) in [5.74, 6) is 1.62. The van der Waals surface area contributed by atoms with E-state index in [2.05, 4.69) is 29.2 Å². The average Bonchev–Trinajstić information content (AvgIpc) is 2.88. The smallest absolute Gasteiger partial charge is 0.296 e. The van der Waals surface area contributed by atoms with Gasteiger partial charge in [-0.3, -0.25) is 9.69 Å². The molecule has 158 valence electrons. The molecule has 0 saturated carbocycles. The van der Waals surface area contributed by atoms with Crippen LogP contribution in [0.4, 0.5) is 5.82 Å². The van der Waals surface area contributed by atoms with Gasteiger partial charge in [-0.1, -0.05) is 78.9 Å². The van der Waals surface area contributed by atoms with Crippen LogP contribution in [0.3, 0.4) is 0 Å². The first-order valence-electron chi connectivity index (χ1n) is 10.6. The monoisotopic (exact) mass is 438 g/mol. The van der Waals surface area contributed by atoms with E-state index in [0.29, 0.717) is 24.7 Å². The number of nitrogens with zero attached hydrogens (tertiary/aromatic N) is 2. The van der Waals surface area contributed by atoms with Crippen LogP contribution in [-0.4, -0.2) is 23.3 Å². The van der Waals surface area contributed by atoms with Gasteiger partial charge in [0.25, 0.3) is 5.91 Å². The van der Waals surface area contributed by atoms with Gasteiger partial charge in [-0.2, -0.15) is 0 Å². The molecule has 0 spiro atoms.